The van der Waals surface area contributed by atoms with Gasteiger partial charge in [0.05, 0.1) is 11.9 Å². The van der Waals surface area contributed by atoms with Crippen LogP contribution in [-0.4, -0.2) is 50.5 Å². The third-order valence-corrected chi connectivity index (χ3v) is 8.38. The van der Waals surface area contributed by atoms with Crippen molar-refractivity contribution in [3.63, 3.8) is 0 Å². The number of anilines is 1. The summed E-state index contributed by atoms with van der Waals surface area (Å²) < 4.78 is 28.3. The lowest BCUT2D eigenvalue weighted by Gasteiger charge is -2.34. The van der Waals surface area contributed by atoms with Gasteiger partial charge in [0.1, 0.15) is 12.6 Å². The highest BCUT2D eigenvalue weighted by Crippen LogP contribution is 2.29. The number of para-hydroxylation sites is 1. The van der Waals surface area contributed by atoms with Crippen molar-refractivity contribution in [3.05, 3.63) is 100 Å². The quantitative estimate of drug-likeness (QED) is 0.257. The number of nitrogens with one attached hydrogen (secondary N) is 1. The Morgan fingerprint density at radius 3 is 2.05 bits per heavy atom. The number of rotatable bonds is 13. The van der Waals surface area contributed by atoms with E-state index in [-0.39, 0.29) is 30.7 Å². The molecule has 0 aliphatic heterocycles. The van der Waals surface area contributed by atoms with Crippen LogP contribution in [0.4, 0.5) is 5.69 Å². The van der Waals surface area contributed by atoms with Crippen LogP contribution in [0.25, 0.3) is 0 Å². The minimum Gasteiger partial charge on any atom is -0.354 e. The number of carbonyl (C=O) groups is 2. The molecule has 0 bridgehead atoms. The molecule has 0 unspecified atom stereocenters. The van der Waals surface area contributed by atoms with Crippen LogP contribution in [0.1, 0.15) is 50.3 Å². The minimum atomic E-state index is -3.83. The van der Waals surface area contributed by atoms with Crippen molar-refractivity contribution in [1.82, 2.24) is 10.2 Å². The van der Waals surface area contributed by atoms with Gasteiger partial charge in [-0.3, -0.25) is 13.9 Å². The summed E-state index contributed by atoms with van der Waals surface area (Å²) in [5.74, 6) is -0.476. The van der Waals surface area contributed by atoms with Gasteiger partial charge in [-0.1, -0.05) is 104 Å². The molecule has 9 heteroatoms. The van der Waals surface area contributed by atoms with Crippen LogP contribution in [0.2, 0.25) is 0 Å². The number of sulfonamides is 1. The van der Waals surface area contributed by atoms with Crippen LogP contribution in [0, 0.1) is 5.92 Å². The molecule has 41 heavy (non-hydrogen) atoms. The Hall–Kier alpha value is -3.17. The molecule has 7 nitrogen and oxygen atoms in total. The molecule has 0 aliphatic rings. The highest BCUT2D eigenvalue weighted by molar-refractivity contribution is 9.10. The van der Waals surface area contributed by atoms with Crippen molar-refractivity contribution < 1.29 is 18.0 Å². The summed E-state index contributed by atoms with van der Waals surface area (Å²) in [6, 6.07) is 23.4. The van der Waals surface area contributed by atoms with Crippen molar-refractivity contribution >= 4 is 43.5 Å². The van der Waals surface area contributed by atoms with Gasteiger partial charge in [0.2, 0.25) is 21.8 Å². The lowest BCUT2D eigenvalue weighted by Crippen LogP contribution is -2.53. The molecule has 0 aliphatic carbocycles. The summed E-state index contributed by atoms with van der Waals surface area (Å²) >= 11 is 3.45. The molecule has 3 rings (SSSR count). The molecule has 3 aromatic rings. The fourth-order valence-corrected chi connectivity index (χ4v) is 5.69. The molecule has 0 radical (unpaired) electrons. The van der Waals surface area contributed by atoms with Gasteiger partial charge in [-0.15, -0.1) is 0 Å². The van der Waals surface area contributed by atoms with E-state index < -0.39 is 28.5 Å². The maximum Gasteiger partial charge on any atom is 0.244 e. The van der Waals surface area contributed by atoms with E-state index in [1.807, 2.05) is 94.4 Å². The van der Waals surface area contributed by atoms with E-state index >= 15 is 0 Å². The Bertz CT molecular complexity index is 1410. The van der Waals surface area contributed by atoms with Gasteiger partial charge in [0, 0.05) is 24.0 Å². The number of hydrogen-bond acceptors (Lipinski definition) is 4. The number of benzene rings is 3. The summed E-state index contributed by atoms with van der Waals surface area (Å²) in [7, 11) is -3.83. The van der Waals surface area contributed by atoms with Crippen LogP contribution < -0.4 is 9.62 Å². The first-order valence-corrected chi connectivity index (χ1v) is 16.4. The van der Waals surface area contributed by atoms with E-state index in [9.17, 15) is 18.0 Å². The summed E-state index contributed by atoms with van der Waals surface area (Å²) in [5.41, 5.74) is 3.01. The molecule has 1 N–H and O–H groups in total. The smallest absolute Gasteiger partial charge is 0.244 e. The average Bonchev–Trinajstić information content (AvgIpc) is 2.93. The molecule has 0 fully saturated rings. The summed E-state index contributed by atoms with van der Waals surface area (Å²) in [6.07, 6.45) is 1.39. The molecule has 0 saturated carbocycles. The van der Waals surface area contributed by atoms with Gasteiger partial charge in [-0.05, 0) is 46.7 Å². The fraction of sp³-hybridized carbons (Fsp3) is 0.375. The summed E-state index contributed by atoms with van der Waals surface area (Å²) in [6.45, 7) is 8.15. The number of halogens is 1. The summed E-state index contributed by atoms with van der Waals surface area (Å²) in [4.78, 5) is 29.4. The summed E-state index contributed by atoms with van der Waals surface area (Å²) in [5, 5.41) is 3.00. The Balaban J connectivity index is 2.08. The molecule has 3 aromatic carbocycles. The van der Waals surface area contributed by atoms with Crippen LogP contribution in [0.15, 0.2) is 83.3 Å². The molecule has 2 amide bonds. The zero-order chi connectivity index (χ0) is 30.2. The highest BCUT2D eigenvalue weighted by atomic mass is 79.9. The third-order valence-electron chi connectivity index (χ3n) is 6.73. The van der Waals surface area contributed by atoms with E-state index in [2.05, 4.69) is 21.2 Å². The Morgan fingerprint density at radius 2 is 1.46 bits per heavy atom. The average molecular weight is 643 g/mol. The maximum absolute atomic E-state index is 14.2. The van der Waals surface area contributed by atoms with Crippen LogP contribution >= 0.6 is 15.9 Å². The molecule has 0 saturated heterocycles. The third kappa shape index (κ3) is 9.43. The van der Waals surface area contributed by atoms with Crippen molar-refractivity contribution in [1.29, 1.82) is 0 Å². The van der Waals surface area contributed by atoms with Gasteiger partial charge in [-0.2, -0.15) is 0 Å². The first-order chi connectivity index (χ1) is 19.4. The first-order valence-electron chi connectivity index (χ1n) is 13.8. The van der Waals surface area contributed by atoms with Gasteiger partial charge in [0.15, 0.2) is 0 Å². The van der Waals surface area contributed by atoms with Gasteiger partial charge < -0.3 is 10.2 Å². The zero-order valence-corrected chi connectivity index (χ0v) is 26.8. The number of hydrogen-bond donors (Lipinski definition) is 1. The predicted octanol–water partition coefficient (Wildman–Crippen LogP) is 5.75. The van der Waals surface area contributed by atoms with Crippen molar-refractivity contribution in [3.8, 4) is 0 Å². The lowest BCUT2D eigenvalue weighted by atomic mass is 10.0. The highest BCUT2D eigenvalue weighted by Gasteiger charge is 2.33. The molecule has 0 heterocycles. The molecular formula is C32H40BrN3O4S. The lowest BCUT2D eigenvalue weighted by molar-refractivity contribution is -0.140. The largest absolute Gasteiger partial charge is 0.354 e. The van der Waals surface area contributed by atoms with E-state index in [0.717, 1.165) is 31.7 Å². The monoisotopic (exact) mass is 641 g/mol. The van der Waals surface area contributed by atoms with E-state index in [4.69, 9.17) is 0 Å². The van der Waals surface area contributed by atoms with Crippen LogP contribution in [0.5, 0.6) is 0 Å². The van der Waals surface area contributed by atoms with Crippen molar-refractivity contribution in [2.45, 2.75) is 52.6 Å². The van der Waals surface area contributed by atoms with Crippen molar-refractivity contribution in [2.75, 3.05) is 23.7 Å². The normalized spacial score (nSPS) is 12.3. The van der Waals surface area contributed by atoms with Gasteiger partial charge in [0.25, 0.3) is 0 Å². The minimum absolute atomic E-state index is 0.0389. The van der Waals surface area contributed by atoms with Crippen molar-refractivity contribution in [2.24, 2.45) is 5.92 Å². The van der Waals surface area contributed by atoms with Gasteiger partial charge in [-0.25, -0.2) is 8.42 Å². The molecule has 0 spiro atoms. The van der Waals surface area contributed by atoms with Crippen LogP contribution in [0.3, 0.4) is 0 Å². The second kappa shape index (κ2) is 14.6. The van der Waals surface area contributed by atoms with Crippen LogP contribution in [-0.2, 0) is 32.6 Å². The number of carbonyl (C=O) groups excluding carboxylic acids is 2. The van der Waals surface area contributed by atoms with E-state index in [1.54, 1.807) is 12.1 Å². The topological polar surface area (TPSA) is 86.8 Å². The SMILES string of the molecule is CC(C)CNC(=O)[C@H](Cc1ccccc1)N(Cc1ccc(Br)cc1)C(=O)CN(c1ccccc1C(C)C)S(C)(=O)=O. The molecule has 0 aromatic heterocycles. The Kier molecular flexibility index (Phi) is 11.5. The first kappa shape index (κ1) is 32.3. The number of nitrogens with zero attached hydrogens (tertiary/aromatic N) is 2. The van der Waals surface area contributed by atoms with Gasteiger partial charge >= 0.3 is 0 Å². The second-order valence-electron chi connectivity index (χ2n) is 11.0. The molecular weight excluding hydrogens is 602 g/mol. The maximum atomic E-state index is 14.2. The molecule has 1 atom stereocenters. The predicted molar refractivity (Wildman–Crippen MR) is 169 cm³/mol. The zero-order valence-electron chi connectivity index (χ0n) is 24.4. The number of amides is 2. The fourth-order valence-electron chi connectivity index (χ4n) is 4.56. The van der Waals surface area contributed by atoms with E-state index in [0.29, 0.717) is 12.2 Å². The standard InChI is InChI=1S/C32H40BrN3O4S/c1-23(2)20-34-32(38)30(19-25-11-7-6-8-12-25)35(21-26-15-17-27(33)18-16-26)31(37)22-36(41(5,39)40)29-14-10-9-13-28(29)24(3)4/h6-18,23-24,30H,19-22H2,1-5H3,(H,34,38)/t30-/m0/s1. The molecule has 220 valence electrons. The second-order valence-corrected chi connectivity index (χ2v) is 13.8. The van der Waals surface area contributed by atoms with E-state index in [1.165, 1.54) is 4.90 Å². The Morgan fingerprint density at radius 1 is 0.854 bits per heavy atom. The Labute approximate surface area is 253 Å².